The second-order valence-corrected chi connectivity index (χ2v) is 12.3. The molecule has 3 aromatic rings. The van der Waals surface area contributed by atoms with Crippen LogP contribution in [0.25, 0.3) is 5.76 Å². The third-order valence-corrected chi connectivity index (χ3v) is 7.30. The number of aliphatic hydroxyl groups excluding tert-OH is 1. The number of amides is 1. The Morgan fingerprint density at radius 1 is 0.846 bits per heavy atom. The molecule has 204 valence electrons. The number of nitrogens with zero attached hydrogens (tertiary/aromatic N) is 1. The molecule has 1 unspecified atom stereocenters. The normalized spacial score (nSPS) is 17.5. The highest BCUT2D eigenvalue weighted by molar-refractivity contribution is 6.51. The van der Waals surface area contributed by atoms with Crippen LogP contribution in [0.5, 0.6) is 5.75 Å². The average Bonchev–Trinajstić information content (AvgIpc) is 3.14. The van der Waals surface area contributed by atoms with E-state index in [2.05, 4.69) is 41.5 Å². The first-order valence-electron chi connectivity index (χ1n) is 13.5. The van der Waals surface area contributed by atoms with Gasteiger partial charge in [-0.25, -0.2) is 0 Å². The summed E-state index contributed by atoms with van der Waals surface area (Å²) in [6, 6.07) is 20.2. The number of aliphatic hydroxyl groups is 1. The Kier molecular flexibility index (Phi) is 7.48. The number of aryl methyl sites for hydroxylation is 1. The Labute approximate surface area is 232 Å². The van der Waals surface area contributed by atoms with Gasteiger partial charge in [-0.1, -0.05) is 77.9 Å². The number of carbonyl (C=O) groups excluding carboxylic acids is 2. The second kappa shape index (κ2) is 10.4. The number of ketones is 1. The minimum absolute atomic E-state index is 0.0526. The molecule has 0 radical (unpaired) electrons. The van der Waals surface area contributed by atoms with Crippen molar-refractivity contribution >= 4 is 23.1 Å². The fourth-order valence-electron chi connectivity index (χ4n) is 4.97. The van der Waals surface area contributed by atoms with E-state index >= 15 is 0 Å². The summed E-state index contributed by atoms with van der Waals surface area (Å²) >= 11 is 0. The molecule has 0 aliphatic carbocycles. The summed E-state index contributed by atoms with van der Waals surface area (Å²) in [5.41, 5.74) is 4.89. The topological polar surface area (TPSA) is 66.8 Å². The molecule has 39 heavy (non-hydrogen) atoms. The summed E-state index contributed by atoms with van der Waals surface area (Å²) in [6.45, 7) is 17.1. The van der Waals surface area contributed by atoms with Crippen LogP contribution in [0.1, 0.15) is 82.3 Å². The van der Waals surface area contributed by atoms with Gasteiger partial charge in [-0.15, -0.1) is 0 Å². The summed E-state index contributed by atoms with van der Waals surface area (Å²) in [7, 11) is 0. The van der Waals surface area contributed by atoms with Crippen molar-refractivity contribution in [3.05, 3.63) is 100 Å². The van der Waals surface area contributed by atoms with Crippen LogP contribution in [-0.2, 0) is 20.4 Å². The summed E-state index contributed by atoms with van der Waals surface area (Å²) in [6.07, 6.45) is 0. The smallest absolute Gasteiger partial charge is 0.300 e. The van der Waals surface area contributed by atoms with Crippen molar-refractivity contribution in [3.8, 4) is 5.75 Å². The van der Waals surface area contributed by atoms with Gasteiger partial charge < -0.3 is 9.84 Å². The number of hydrogen-bond acceptors (Lipinski definition) is 4. The van der Waals surface area contributed by atoms with Crippen molar-refractivity contribution in [2.45, 2.75) is 72.3 Å². The van der Waals surface area contributed by atoms with Crippen molar-refractivity contribution in [2.24, 2.45) is 0 Å². The van der Waals surface area contributed by atoms with Gasteiger partial charge in [-0.05, 0) is 77.3 Å². The number of benzene rings is 3. The molecule has 0 spiro atoms. The van der Waals surface area contributed by atoms with Crippen LogP contribution in [0.4, 0.5) is 5.69 Å². The van der Waals surface area contributed by atoms with Crippen LogP contribution in [0.15, 0.2) is 72.3 Å². The molecule has 4 rings (SSSR count). The summed E-state index contributed by atoms with van der Waals surface area (Å²) in [5.74, 6) is -0.850. The van der Waals surface area contributed by atoms with Crippen molar-refractivity contribution in [3.63, 3.8) is 0 Å². The fourth-order valence-corrected chi connectivity index (χ4v) is 4.97. The maximum Gasteiger partial charge on any atom is 0.300 e. The summed E-state index contributed by atoms with van der Waals surface area (Å²) < 4.78 is 5.65. The molecule has 1 aliphatic rings. The molecule has 5 heteroatoms. The van der Waals surface area contributed by atoms with E-state index in [-0.39, 0.29) is 22.2 Å². The zero-order valence-corrected chi connectivity index (χ0v) is 24.3. The van der Waals surface area contributed by atoms with Crippen LogP contribution in [0.3, 0.4) is 0 Å². The lowest BCUT2D eigenvalue weighted by atomic mass is 9.85. The average molecular weight is 526 g/mol. The van der Waals surface area contributed by atoms with Gasteiger partial charge in [0.25, 0.3) is 11.7 Å². The number of hydrogen-bond donors (Lipinski definition) is 1. The molecule has 0 bridgehead atoms. The lowest BCUT2D eigenvalue weighted by molar-refractivity contribution is -0.132. The zero-order valence-electron chi connectivity index (χ0n) is 24.3. The lowest BCUT2D eigenvalue weighted by Gasteiger charge is -2.27. The zero-order chi connectivity index (χ0) is 28.7. The SMILES string of the molecule is CCOc1ccc(/C(O)=C2/C(=O)C(=O)N(c3ccc(C(C)(C)C)cc3)C2c2ccc(C(C)(C)C)cc2)cc1C. The van der Waals surface area contributed by atoms with Crippen LogP contribution >= 0.6 is 0 Å². The number of Topliss-reactive ketones (excluding diaryl/α,β-unsaturated/α-hetero) is 1. The quantitative estimate of drug-likeness (QED) is 0.211. The van der Waals surface area contributed by atoms with Crippen LogP contribution in [0.2, 0.25) is 0 Å². The predicted molar refractivity (Wildman–Crippen MR) is 157 cm³/mol. The minimum atomic E-state index is -0.772. The molecule has 0 saturated carbocycles. The minimum Gasteiger partial charge on any atom is -0.507 e. The van der Waals surface area contributed by atoms with Crippen molar-refractivity contribution in [1.82, 2.24) is 0 Å². The maximum absolute atomic E-state index is 13.6. The molecule has 1 fully saturated rings. The van der Waals surface area contributed by atoms with Gasteiger partial charge in [0.1, 0.15) is 11.5 Å². The van der Waals surface area contributed by atoms with E-state index in [0.717, 1.165) is 22.3 Å². The molecule has 1 heterocycles. The molecule has 1 aliphatic heterocycles. The summed E-state index contributed by atoms with van der Waals surface area (Å²) in [4.78, 5) is 28.6. The third-order valence-electron chi connectivity index (χ3n) is 7.30. The molecular formula is C34H39NO4. The van der Waals surface area contributed by atoms with Gasteiger partial charge >= 0.3 is 0 Å². The molecular weight excluding hydrogens is 486 g/mol. The predicted octanol–water partition coefficient (Wildman–Crippen LogP) is 7.62. The van der Waals surface area contributed by atoms with E-state index in [1.807, 2.05) is 62.4 Å². The number of carbonyl (C=O) groups is 2. The Bertz CT molecular complexity index is 1420. The van der Waals surface area contributed by atoms with E-state index in [1.165, 1.54) is 4.90 Å². The first-order valence-corrected chi connectivity index (χ1v) is 13.5. The van der Waals surface area contributed by atoms with Crippen molar-refractivity contribution in [1.29, 1.82) is 0 Å². The van der Waals surface area contributed by atoms with Gasteiger partial charge in [0.15, 0.2) is 0 Å². The van der Waals surface area contributed by atoms with Crippen LogP contribution in [-0.4, -0.2) is 23.4 Å². The fraction of sp³-hybridized carbons (Fsp3) is 0.353. The van der Waals surface area contributed by atoms with E-state index < -0.39 is 17.7 Å². The standard InChI is InChI=1S/C34H39NO4/c1-9-39-27-19-12-23(20-21(27)2)30(36)28-29(22-10-13-24(14-11-22)33(3,4)5)35(32(38)31(28)37)26-17-15-25(16-18-26)34(6,7)8/h10-20,29,36H,9H2,1-8H3/b30-28-. The van der Waals surface area contributed by atoms with Crippen LogP contribution < -0.4 is 9.64 Å². The van der Waals surface area contributed by atoms with Crippen LogP contribution in [0, 0.1) is 6.92 Å². The van der Waals surface area contributed by atoms with Crippen molar-refractivity contribution in [2.75, 3.05) is 11.5 Å². The van der Waals surface area contributed by atoms with Gasteiger partial charge in [0.2, 0.25) is 0 Å². The third kappa shape index (κ3) is 5.49. The van der Waals surface area contributed by atoms with Gasteiger partial charge in [-0.3, -0.25) is 14.5 Å². The highest BCUT2D eigenvalue weighted by Gasteiger charge is 2.47. The Morgan fingerprint density at radius 2 is 1.38 bits per heavy atom. The largest absolute Gasteiger partial charge is 0.507 e. The molecule has 1 amide bonds. The molecule has 1 atom stereocenters. The molecule has 1 saturated heterocycles. The van der Waals surface area contributed by atoms with E-state index in [1.54, 1.807) is 18.2 Å². The lowest BCUT2D eigenvalue weighted by Crippen LogP contribution is -2.29. The molecule has 5 nitrogen and oxygen atoms in total. The molecule has 0 aromatic heterocycles. The van der Waals surface area contributed by atoms with Gasteiger partial charge in [0.05, 0.1) is 18.2 Å². The first-order chi connectivity index (χ1) is 18.2. The Hall–Kier alpha value is -3.86. The monoisotopic (exact) mass is 525 g/mol. The number of anilines is 1. The number of ether oxygens (including phenoxy) is 1. The Morgan fingerprint density at radius 3 is 1.87 bits per heavy atom. The van der Waals surface area contributed by atoms with E-state index in [9.17, 15) is 14.7 Å². The van der Waals surface area contributed by atoms with E-state index in [4.69, 9.17) is 4.74 Å². The highest BCUT2D eigenvalue weighted by atomic mass is 16.5. The molecule has 3 aromatic carbocycles. The highest BCUT2D eigenvalue weighted by Crippen LogP contribution is 2.43. The van der Waals surface area contributed by atoms with E-state index in [0.29, 0.717) is 23.6 Å². The molecule has 1 N–H and O–H groups in total. The maximum atomic E-state index is 13.6. The second-order valence-electron chi connectivity index (χ2n) is 12.3. The van der Waals surface area contributed by atoms with Gasteiger partial charge in [-0.2, -0.15) is 0 Å². The van der Waals surface area contributed by atoms with Crippen molar-refractivity contribution < 1.29 is 19.4 Å². The van der Waals surface area contributed by atoms with Gasteiger partial charge in [0, 0.05) is 11.3 Å². The number of rotatable bonds is 5. The Balaban J connectivity index is 1.89. The summed E-state index contributed by atoms with van der Waals surface area (Å²) in [5, 5.41) is 11.5. The first kappa shape index (κ1) is 28.2.